The molecule has 3 rings (SSSR count). The average Bonchev–Trinajstić information content (AvgIpc) is 2.99. The summed E-state index contributed by atoms with van der Waals surface area (Å²) in [4.78, 5) is 20.1. The number of hydrogen-bond acceptors (Lipinski definition) is 4. The van der Waals surface area contributed by atoms with E-state index in [-0.39, 0.29) is 5.56 Å². The van der Waals surface area contributed by atoms with Gasteiger partial charge in [-0.25, -0.2) is 4.98 Å². The zero-order valence-corrected chi connectivity index (χ0v) is 10.8. The number of thiophene rings is 1. The molecule has 94 valence electrons. The molecule has 0 aromatic carbocycles. The minimum Gasteiger partial charge on any atom is -0.319 e. The largest absolute Gasteiger partial charge is 0.319 e. The van der Waals surface area contributed by atoms with Gasteiger partial charge in [-0.3, -0.25) is 4.79 Å². The number of nitrogens with two attached hydrogens (primary N) is 1. The van der Waals surface area contributed by atoms with Crippen molar-refractivity contribution in [2.75, 3.05) is 0 Å². The molecule has 3 N–H and O–H groups in total. The van der Waals surface area contributed by atoms with Crippen molar-refractivity contribution in [3.63, 3.8) is 0 Å². The van der Waals surface area contributed by atoms with Crippen molar-refractivity contribution in [3.8, 4) is 10.6 Å². The molecule has 5 heteroatoms. The van der Waals surface area contributed by atoms with Crippen molar-refractivity contribution in [2.45, 2.75) is 31.2 Å². The maximum Gasteiger partial charge on any atom is 0.251 e. The lowest BCUT2D eigenvalue weighted by Gasteiger charge is -2.22. The summed E-state index contributed by atoms with van der Waals surface area (Å²) in [5.41, 5.74) is 6.49. The molecule has 1 fully saturated rings. The predicted octanol–water partition coefficient (Wildman–Crippen LogP) is 2.23. The molecule has 0 aliphatic heterocycles. The van der Waals surface area contributed by atoms with Gasteiger partial charge in [0.2, 0.25) is 0 Å². The Balaban J connectivity index is 2.09. The fraction of sp³-hybridized carbons (Fsp3) is 0.385. The van der Waals surface area contributed by atoms with Crippen LogP contribution in [0.4, 0.5) is 0 Å². The Morgan fingerprint density at radius 2 is 2.17 bits per heavy atom. The standard InChI is InChI=1S/C13H15N3OS/c14-13(5-1-2-6-13)12-15-9(8-11(17)16-12)10-4-3-7-18-10/h3-4,7-8H,1-2,5-6,14H2,(H,15,16,17). The van der Waals surface area contributed by atoms with Crippen LogP contribution in [0.15, 0.2) is 28.4 Å². The summed E-state index contributed by atoms with van der Waals surface area (Å²) < 4.78 is 0. The highest BCUT2D eigenvalue weighted by atomic mass is 32.1. The molecular weight excluding hydrogens is 246 g/mol. The fourth-order valence-corrected chi connectivity index (χ4v) is 3.17. The lowest BCUT2D eigenvalue weighted by molar-refractivity contribution is 0.430. The van der Waals surface area contributed by atoms with Crippen LogP contribution in [-0.2, 0) is 5.54 Å². The highest BCUT2D eigenvalue weighted by Crippen LogP contribution is 2.34. The molecule has 0 unspecified atom stereocenters. The van der Waals surface area contributed by atoms with E-state index in [2.05, 4.69) is 9.97 Å². The summed E-state index contributed by atoms with van der Waals surface area (Å²) in [6, 6.07) is 5.46. The van der Waals surface area contributed by atoms with Gasteiger partial charge in [-0.15, -0.1) is 11.3 Å². The van der Waals surface area contributed by atoms with E-state index in [1.54, 1.807) is 11.3 Å². The highest BCUT2D eigenvalue weighted by molar-refractivity contribution is 7.13. The summed E-state index contributed by atoms with van der Waals surface area (Å²) in [5.74, 6) is 0.635. The molecule has 0 bridgehead atoms. The maximum absolute atomic E-state index is 11.8. The Kier molecular flexibility index (Phi) is 2.80. The number of nitrogens with zero attached hydrogens (tertiary/aromatic N) is 1. The summed E-state index contributed by atoms with van der Waals surface area (Å²) in [6.07, 6.45) is 3.99. The van der Waals surface area contributed by atoms with Crippen LogP contribution in [0.5, 0.6) is 0 Å². The summed E-state index contributed by atoms with van der Waals surface area (Å²) >= 11 is 1.58. The first-order valence-corrected chi connectivity index (χ1v) is 7.00. The Morgan fingerprint density at radius 1 is 1.39 bits per heavy atom. The van der Waals surface area contributed by atoms with Crippen LogP contribution >= 0.6 is 11.3 Å². The third kappa shape index (κ3) is 2.00. The summed E-state index contributed by atoms with van der Waals surface area (Å²) in [6.45, 7) is 0. The molecule has 2 aromatic heterocycles. The van der Waals surface area contributed by atoms with Gasteiger partial charge in [0.15, 0.2) is 0 Å². The molecule has 0 amide bonds. The smallest absolute Gasteiger partial charge is 0.251 e. The Hall–Kier alpha value is -1.46. The van der Waals surface area contributed by atoms with Crippen molar-refractivity contribution in [2.24, 2.45) is 5.73 Å². The molecule has 0 spiro atoms. The summed E-state index contributed by atoms with van der Waals surface area (Å²) in [7, 11) is 0. The normalized spacial score (nSPS) is 18.1. The van der Waals surface area contributed by atoms with Gasteiger partial charge in [0.05, 0.1) is 16.1 Å². The van der Waals surface area contributed by atoms with Crippen molar-refractivity contribution >= 4 is 11.3 Å². The number of aromatic nitrogens is 2. The number of hydrogen-bond donors (Lipinski definition) is 2. The predicted molar refractivity (Wildman–Crippen MR) is 72.5 cm³/mol. The first kappa shape index (κ1) is 11.6. The number of rotatable bonds is 2. The lowest BCUT2D eigenvalue weighted by Crippen LogP contribution is -2.37. The zero-order valence-electron chi connectivity index (χ0n) is 9.98. The molecule has 0 atom stereocenters. The summed E-state index contributed by atoms with van der Waals surface area (Å²) in [5, 5.41) is 1.98. The molecule has 18 heavy (non-hydrogen) atoms. The fourth-order valence-electron chi connectivity index (χ4n) is 2.49. The van der Waals surface area contributed by atoms with Gasteiger partial charge >= 0.3 is 0 Å². The second kappa shape index (κ2) is 4.33. The van der Waals surface area contributed by atoms with Crippen LogP contribution in [0.3, 0.4) is 0 Å². The Morgan fingerprint density at radius 3 is 2.83 bits per heavy atom. The van der Waals surface area contributed by atoms with Crippen LogP contribution < -0.4 is 11.3 Å². The minimum atomic E-state index is -0.452. The molecule has 0 radical (unpaired) electrons. The van der Waals surface area contributed by atoms with Crippen LogP contribution in [0, 0.1) is 0 Å². The Labute approximate surface area is 109 Å². The van der Waals surface area contributed by atoms with Gasteiger partial charge in [-0.1, -0.05) is 18.9 Å². The van der Waals surface area contributed by atoms with Gasteiger partial charge in [-0.2, -0.15) is 0 Å². The van der Waals surface area contributed by atoms with Gasteiger partial charge in [-0.05, 0) is 24.3 Å². The van der Waals surface area contributed by atoms with Gasteiger partial charge in [0.25, 0.3) is 5.56 Å². The number of aromatic amines is 1. The molecule has 4 nitrogen and oxygen atoms in total. The number of nitrogens with one attached hydrogen (secondary N) is 1. The van der Waals surface area contributed by atoms with E-state index in [1.165, 1.54) is 6.07 Å². The third-order valence-electron chi connectivity index (χ3n) is 3.48. The monoisotopic (exact) mass is 261 g/mol. The van der Waals surface area contributed by atoms with Crippen molar-refractivity contribution < 1.29 is 0 Å². The van der Waals surface area contributed by atoms with Crippen LogP contribution in [0.2, 0.25) is 0 Å². The van der Waals surface area contributed by atoms with E-state index in [0.29, 0.717) is 5.82 Å². The van der Waals surface area contributed by atoms with Gasteiger partial charge in [0, 0.05) is 6.07 Å². The van der Waals surface area contributed by atoms with Gasteiger partial charge in [0.1, 0.15) is 5.82 Å². The molecule has 1 aliphatic carbocycles. The van der Waals surface area contributed by atoms with E-state index in [0.717, 1.165) is 36.3 Å². The van der Waals surface area contributed by atoms with E-state index in [1.807, 2.05) is 17.5 Å². The van der Waals surface area contributed by atoms with Crippen LogP contribution in [0.25, 0.3) is 10.6 Å². The highest BCUT2D eigenvalue weighted by Gasteiger charge is 2.34. The first-order valence-electron chi connectivity index (χ1n) is 6.12. The van der Waals surface area contributed by atoms with Crippen molar-refractivity contribution in [1.82, 2.24) is 9.97 Å². The zero-order chi connectivity index (χ0) is 12.6. The van der Waals surface area contributed by atoms with E-state index in [9.17, 15) is 4.79 Å². The van der Waals surface area contributed by atoms with E-state index < -0.39 is 5.54 Å². The third-order valence-corrected chi connectivity index (χ3v) is 4.38. The molecule has 1 saturated carbocycles. The topological polar surface area (TPSA) is 71.8 Å². The quantitative estimate of drug-likeness (QED) is 0.870. The van der Waals surface area contributed by atoms with Crippen LogP contribution in [-0.4, -0.2) is 9.97 Å². The van der Waals surface area contributed by atoms with Crippen molar-refractivity contribution in [1.29, 1.82) is 0 Å². The maximum atomic E-state index is 11.8. The molecule has 0 saturated heterocycles. The molecule has 1 aliphatic rings. The molecule has 2 aromatic rings. The average molecular weight is 261 g/mol. The first-order chi connectivity index (χ1) is 8.67. The second-order valence-corrected chi connectivity index (χ2v) is 5.77. The SMILES string of the molecule is NC1(c2nc(-c3cccs3)cc(=O)[nH]2)CCCC1. The van der Waals surface area contributed by atoms with E-state index in [4.69, 9.17) is 5.73 Å². The van der Waals surface area contributed by atoms with Crippen molar-refractivity contribution in [3.05, 3.63) is 39.8 Å². The second-order valence-electron chi connectivity index (χ2n) is 4.82. The molecule has 2 heterocycles. The number of H-pyrrole nitrogens is 1. The minimum absolute atomic E-state index is 0.125. The van der Waals surface area contributed by atoms with E-state index >= 15 is 0 Å². The Bertz CT molecular complexity index is 597. The van der Waals surface area contributed by atoms with Gasteiger partial charge < -0.3 is 10.7 Å². The molecular formula is C13H15N3OS. The van der Waals surface area contributed by atoms with Crippen LogP contribution in [0.1, 0.15) is 31.5 Å². The lowest BCUT2D eigenvalue weighted by atomic mass is 9.98.